The smallest absolute Gasteiger partial charge is 0.410 e. The number of piperidine rings is 1. The maximum atomic E-state index is 12.2. The summed E-state index contributed by atoms with van der Waals surface area (Å²) >= 11 is 0. The Labute approximate surface area is 137 Å². The van der Waals surface area contributed by atoms with Crippen molar-refractivity contribution in [3.05, 3.63) is 34.9 Å². The number of aryl methyl sites for hydroxylation is 1. The van der Waals surface area contributed by atoms with E-state index in [1.165, 1.54) is 0 Å². The molecule has 1 aromatic rings. The lowest BCUT2D eigenvalue weighted by molar-refractivity contribution is 0.0198. The van der Waals surface area contributed by atoms with Crippen molar-refractivity contribution in [1.29, 1.82) is 0 Å². The number of likely N-dealkylation sites (tertiary alicyclic amines) is 1. The van der Waals surface area contributed by atoms with Crippen LogP contribution in [-0.4, -0.2) is 35.6 Å². The second kappa shape index (κ2) is 6.60. The molecule has 1 unspecified atom stereocenters. The highest BCUT2D eigenvalue weighted by atomic mass is 16.6. The fourth-order valence-corrected chi connectivity index (χ4v) is 2.90. The van der Waals surface area contributed by atoms with Crippen LogP contribution in [0.3, 0.4) is 0 Å². The number of nitrogens with zero attached hydrogens (tertiary/aromatic N) is 1. The first kappa shape index (κ1) is 17.3. The van der Waals surface area contributed by atoms with Gasteiger partial charge in [0.15, 0.2) is 0 Å². The van der Waals surface area contributed by atoms with Crippen LogP contribution in [0.4, 0.5) is 4.79 Å². The van der Waals surface area contributed by atoms with Gasteiger partial charge in [-0.05, 0) is 57.7 Å². The third-order valence-electron chi connectivity index (χ3n) is 4.07. The van der Waals surface area contributed by atoms with E-state index in [1.54, 1.807) is 4.90 Å². The standard InChI is InChI=1S/C18H26N2O3/c1-12-7-8-13(10-15(12)16(19)21)14-6-5-9-20(11-14)17(22)23-18(2,3)4/h7-8,10,14H,5-6,9,11H2,1-4H3,(H2,19,21). The summed E-state index contributed by atoms with van der Waals surface area (Å²) in [4.78, 5) is 25.5. The Kier molecular flexibility index (Phi) is 4.97. The summed E-state index contributed by atoms with van der Waals surface area (Å²) < 4.78 is 5.46. The Hall–Kier alpha value is -2.04. The van der Waals surface area contributed by atoms with E-state index in [0.29, 0.717) is 18.7 Å². The molecule has 0 aliphatic carbocycles. The minimum atomic E-state index is -0.493. The molecule has 2 rings (SSSR count). The molecule has 0 saturated carbocycles. The first-order chi connectivity index (χ1) is 10.7. The van der Waals surface area contributed by atoms with Gasteiger partial charge in [-0.25, -0.2) is 4.79 Å². The van der Waals surface area contributed by atoms with Gasteiger partial charge in [-0.1, -0.05) is 12.1 Å². The molecule has 1 atom stereocenters. The van der Waals surface area contributed by atoms with Crippen LogP contribution in [0.25, 0.3) is 0 Å². The van der Waals surface area contributed by atoms with Gasteiger partial charge in [-0.15, -0.1) is 0 Å². The summed E-state index contributed by atoms with van der Waals surface area (Å²) in [6, 6.07) is 5.80. The third kappa shape index (κ3) is 4.47. The number of carbonyl (C=O) groups is 2. The van der Waals surface area contributed by atoms with E-state index >= 15 is 0 Å². The molecule has 0 aromatic heterocycles. The minimum Gasteiger partial charge on any atom is -0.444 e. The van der Waals surface area contributed by atoms with Crippen LogP contribution in [0, 0.1) is 6.92 Å². The van der Waals surface area contributed by atoms with E-state index in [2.05, 4.69) is 0 Å². The Morgan fingerprint density at radius 3 is 2.61 bits per heavy atom. The predicted molar refractivity (Wildman–Crippen MR) is 89.5 cm³/mol. The number of benzene rings is 1. The zero-order valence-electron chi connectivity index (χ0n) is 14.4. The highest BCUT2D eigenvalue weighted by Crippen LogP contribution is 2.29. The SMILES string of the molecule is Cc1ccc(C2CCCN(C(=O)OC(C)(C)C)C2)cc1C(N)=O. The molecule has 1 aromatic carbocycles. The van der Waals surface area contributed by atoms with Crippen molar-refractivity contribution in [2.75, 3.05) is 13.1 Å². The Morgan fingerprint density at radius 2 is 2.00 bits per heavy atom. The molecule has 1 heterocycles. The molecule has 0 bridgehead atoms. The maximum absolute atomic E-state index is 12.2. The number of nitrogens with two attached hydrogens (primary N) is 1. The minimum absolute atomic E-state index is 0.204. The van der Waals surface area contributed by atoms with Crippen LogP contribution in [0.1, 0.15) is 61.0 Å². The van der Waals surface area contributed by atoms with Crippen LogP contribution in [0.2, 0.25) is 0 Å². The molecular weight excluding hydrogens is 292 g/mol. The zero-order valence-corrected chi connectivity index (χ0v) is 14.4. The van der Waals surface area contributed by atoms with Crippen LogP contribution in [0.15, 0.2) is 18.2 Å². The highest BCUT2D eigenvalue weighted by Gasteiger charge is 2.28. The van der Waals surface area contributed by atoms with Crippen molar-refractivity contribution >= 4 is 12.0 Å². The summed E-state index contributed by atoms with van der Waals surface area (Å²) in [5, 5.41) is 0. The van der Waals surface area contributed by atoms with Crippen LogP contribution >= 0.6 is 0 Å². The molecule has 5 heteroatoms. The van der Waals surface area contributed by atoms with Gasteiger partial charge < -0.3 is 15.4 Å². The van der Waals surface area contributed by atoms with Gasteiger partial charge in [-0.3, -0.25) is 4.79 Å². The number of rotatable bonds is 2. The number of hydrogen-bond donors (Lipinski definition) is 1. The zero-order chi connectivity index (χ0) is 17.2. The van der Waals surface area contributed by atoms with E-state index in [1.807, 2.05) is 45.9 Å². The molecule has 0 radical (unpaired) electrons. The van der Waals surface area contributed by atoms with Gasteiger partial charge in [0, 0.05) is 24.6 Å². The number of hydrogen-bond acceptors (Lipinski definition) is 3. The summed E-state index contributed by atoms with van der Waals surface area (Å²) in [6.45, 7) is 8.79. The lowest BCUT2D eigenvalue weighted by Crippen LogP contribution is -2.42. The molecule has 126 valence electrons. The van der Waals surface area contributed by atoms with Crippen molar-refractivity contribution < 1.29 is 14.3 Å². The largest absolute Gasteiger partial charge is 0.444 e. The Bertz CT molecular complexity index is 605. The third-order valence-corrected chi connectivity index (χ3v) is 4.07. The summed E-state index contributed by atoms with van der Waals surface area (Å²) in [7, 11) is 0. The second-order valence-corrected chi connectivity index (χ2v) is 7.20. The van der Waals surface area contributed by atoms with Gasteiger partial charge in [0.25, 0.3) is 0 Å². The highest BCUT2D eigenvalue weighted by molar-refractivity contribution is 5.94. The lowest BCUT2D eigenvalue weighted by Gasteiger charge is -2.34. The fourth-order valence-electron chi connectivity index (χ4n) is 2.90. The summed E-state index contributed by atoms with van der Waals surface area (Å²) in [5.74, 6) is -0.209. The number of carbonyl (C=O) groups excluding carboxylic acids is 2. The van der Waals surface area contributed by atoms with Gasteiger partial charge in [-0.2, -0.15) is 0 Å². The van der Waals surface area contributed by atoms with Crippen molar-refractivity contribution in [3.8, 4) is 0 Å². The maximum Gasteiger partial charge on any atom is 0.410 e. The molecule has 2 N–H and O–H groups in total. The van der Waals surface area contributed by atoms with Gasteiger partial charge in [0.2, 0.25) is 5.91 Å². The Morgan fingerprint density at radius 1 is 1.30 bits per heavy atom. The van der Waals surface area contributed by atoms with Gasteiger partial charge in [0.1, 0.15) is 5.60 Å². The Balaban J connectivity index is 2.14. The van der Waals surface area contributed by atoms with Crippen LogP contribution in [0.5, 0.6) is 0 Å². The van der Waals surface area contributed by atoms with Crippen molar-refractivity contribution in [1.82, 2.24) is 4.90 Å². The first-order valence-electron chi connectivity index (χ1n) is 8.05. The van der Waals surface area contributed by atoms with Crippen molar-refractivity contribution in [3.63, 3.8) is 0 Å². The predicted octanol–water partition coefficient (Wildman–Crippen LogP) is 3.21. The topological polar surface area (TPSA) is 72.6 Å². The van der Waals surface area contributed by atoms with Gasteiger partial charge in [0.05, 0.1) is 0 Å². The number of primary amides is 1. The number of ether oxygens (including phenoxy) is 1. The van der Waals surface area contributed by atoms with Crippen LogP contribution < -0.4 is 5.73 Å². The summed E-state index contributed by atoms with van der Waals surface area (Å²) in [6.07, 6.45) is 1.63. The molecule has 1 fully saturated rings. The fraction of sp³-hybridized carbons (Fsp3) is 0.556. The average molecular weight is 318 g/mol. The van der Waals surface area contributed by atoms with E-state index in [0.717, 1.165) is 24.0 Å². The quantitative estimate of drug-likeness (QED) is 0.910. The normalized spacial score (nSPS) is 18.6. The molecule has 1 aliphatic heterocycles. The molecule has 1 aliphatic rings. The molecule has 2 amide bonds. The van der Waals surface area contributed by atoms with Crippen molar-refractivity contribution in [2.45, 2.75) is 52.1 Å². The van der Waals surface area contributed by atoms with Gasteiger partial charge >= 0.3 is 6.09 Å². The summed E-state index contributed by atoms with van der Waals surface area (Å²) in [5.41, 5.74) is 7.42. The number of amides is 2. The average Bonchev–Trinajstić information content (AvgIpc) is 2.46. The van der Waals surface area contributed by atoms with E-state index in [4.69, 9.17) is 10.5 Å². The molecule has 5 nitrogen and oxygen atoms in total. The van der Waals surface area contributed by atoms with Crippen LogP contribution in [-0.2, 0) is 4.74 Å². The first-order valence-corrected chi connectivity index (χ1v) is 8.05. The van der Waals surface area contributed by atoms with E-state index in [9.17, 15) is 9.59 Å². The molecular formula is C18H26N2O3. The van der Waals surface area contributed by atoms with Crippen molar-refractivity contribution in [2.24, 2.45) is 5.73 Å². The molecule has 1 saturated heterocycles. The van der Waals surface area contributed by atoms with E-state index in [-0.39, 0.29) is 12.0 Å². The van der Waals surface area contributed by atoms with E-state index < -0.39 is 11.5 Å². The second-order valence-electron chi connectivity index (χ2n) is 7.20. The molecule has 23 heavy (non-hydrogen) atoms. The monoisotopic (exact) mass is 318 g/mol. The lowest BCUT2D eigenvalue weighted by atomic mass is 9.89. The molecule has 0 spiro atoms.